The zero-order valence-electron chi connectivity index (χ0n) is 8.09. The summed E-state index contributed by atoms with van der Waals surface area (Å²) in [5, 5.41) is 0. The molecule has 0 aromatic rings. The summed E-state index contributed by atoms with van der Waals surface area (Å²) in [6.45, 7) is 0. The average Bonchev–Trinajstić information content (AvgIpc) is 2.77. The second-order valence-electron chi connectivity index (χ2n) is 3.13. The minimum Gasteiger partial charge on any atom is -1.00 e. The van der Waals surface area contributed by atoms with Crippen molar-refractivity contribution >= 4 is 4.21 Å². The van der Waals surface area contributed by atoms with Crippen molar-refractivity contribution in [2.75, 3.05) is 0 Å². The van der Waals surface area contributed by atoms with Crippen LogP contribution in [0.1, 0.15) is 14.3 Å². The predicted molar refractivity (Wildman–Crippen MR) is 51.9 cm³/mol. The van der Waals surface area contributed by atoms with Crippen LogP contribution in [0.15, 0.2) is 43.0 Å². The zero-order chi connectivity index (χ0) is 8.39. The van der Waals surface area contributed by atoms with E-state index in [1.54, 1.807) is 6.56 Å². The Labute approximate surface area is 82.6 Å². The van der Waals surface area contributed by atoms with E-state index >= 15 is 0 Å². The van der Waals surface area contributed by atoms with Gasteiger partial charge < -0.3 is 1.43 Å². The summed E-state index contributed by atoms with van der Waals surface area (Å²) in [6.07, 6.45) is 15.7. The van der Waals surface area contributed by atoms with E-state index in [0.717, 1.165) is 0 Å². The topological polar surface area (TPSA) is 0 Å². The van der Waals surface area contributed by atoms with E-state index in [1.165, 1.54) is 12.8 Å². The molecule has 0 heterocycles. The molecule has 0 spiro atoms. The van der Waals surface area contributed by atoms with Crippen LogP contribution in [-0.4, -0.2) is 4.21 Å². The van der Waals surface area contributed by atoms with Gasteiger partial charge in [-0.3, -0.25) is 0 Å². The summed E-state index contributed by atoms with van der Waals surface area (Å²) >= 11 is -1.52. The van der Waals surface area contributed by atoms with Crippen LogP contribution in [0, 0.1) is 0 Å². The number of hydrogen-bond acceptors (Lipinski definition) is 0. The van der Waals surface area contributed by atoms with Gasteiger partial charge in [-0.25, -0.2) is 0 Å². The first kappa shape index (κ1) is 8.32. The third-order valence-electron chi connectivity index (χ3n) is 2.32. The minimum atomic E-state index is -1.52. The van der Waals surface area contributed by atoms with Gasteiger partial charge in [-0.1, -0.05) is 0 Å². The Morgan fingerprint density at radius 3 is 1.92 bits per heavy atom. The third-order valence-corrected chi connectivity index (χ3v) is 7.95. The molecule has 0 radical (unpaired) electrons. The molecule has 2 aliphatic carbocycles. The van der Waals surface area contributed by atoms with E-state index in [-0.39, 0.29) is 1.43 Å². The van der Waals surface area contributed by atoms with Crippen molar-refractivity contribution in [3.8, 4) is 0 Å². The van der Waals surface area contributed by atoms with E-state index in [2.05, 4.69) is 40.7 Å². The molecular formula is C11H13Zr. The largest absolute Gasteiger partial charge is 1.00 e. The third kappa shape index (κ3) is 1.56. The van der Waals surface area contributed by atoms with Gasteiger partial charge in [0.25, 0.3) is 0 Å². The molecule has 0 aromatic heterocycles. The van der Waals surface area contributed by atoms with Gasteiger partial charge in [-0.15, -0.1) is 0 Å². The molecular weight excluding hydrogens is 223 g/mol. The van der Waals surface area contributed by atoms with Crippen molar-refractivity contribution in [1.82, 2.24) is 0 Å². The summed E-state index contributed by atoms with van der Waals surface area (Å²) in [5.41, 5.74) is 0. The zero-order valence-corrected chi connectivity index (χ0v) is 9.54. The van der Waals surface area contributed by atoms with Crippen molar-refractivity contribution in [3.05, 3.63) is 43.0 Å². The Hall–Kier alpha value is -0.287. The first-order chi connectivity index (χ1) is 5.88. The van der Waals surface area contributed by atoms with Crippen molar-refractivity contribution in [2.45, 2.75) is 12.8 Å². The van der Waals surface area contributed by atoms with E-state index < -0.39 is 21.3 Å². The molecule has 61 valence electrons. The summed E-state index contributed by atoms with van der Waals surface area (Å²) in [4.78, 5) is 0. The smallest absolute Gasteiger partial charge is 1.00 e. The standard InChI is InChI=1S/2C5H5.CH2.Zr.H/c2*1-2-4-5-3-1;;;/h2*1-3H,4H2;1H2;;/q;;;+1;-1. The Bertz CT molecular complexity index is 300. The molecule has 0 saturated carbocycles. The second-order valence-corrected chi connectivity index (χ2v) is 8.64. The number of allylic oxidation sites excluding steroid dienone is 8. The molecule has 0 unspecified atom stereocenters. The average molecular weight is 236 g/mol. The molecule has 12 heavy (non-hydrogen) atoms. The molecule has 0 bridgehead atoms. The normalized spacial score (nSPS) is 19.7. The summed E-state index contributed by atoms with van der Waals surface area (Å²) in [5.74, 6) is 0. The van der Waals surface area contributed by atoms with Gasteiger partial charge >= 0.3 is 81.3 Å². The quantitative estimate of drug-likeness (QED) is 0.692. The van der Waals surface area contributed by atoms with Crippen LogP contribution in [-0.2, 0) is 21.3 Å². The molecule has 0 amide bonds. The van der Waals surface area contributed by atoms with Crippen LogP contribution >= 0.6 is 0 Å². The van der Waals surface area contributed by atoms with Gasteiger partial charge in [0.2, 0.25) is 0 Å². The van der Waals surface area contributed by atoms with Gasteiger partial charge in [-0.2, -0.15) is 0 Å². The van der Waals surface area contributed by atoms with E-state index in [4.69, 9.17) is 0 Å². The molecule has 0 nitrogen and oxygen atoms in total. The van der Waals surface area contributed by atoms with E-state index in [1.807, 2.05) is 0 Å². The van der Waals surface area contributed by atoms with Crippen LogP contribution in [0.2, 0.25) is 0 Å². The molecule has 2 aliphatic rings. The molecule has 0 saturated heterocycles. The second kappa shape index (κ2) is 3.62. The van der Waals surface area contributed by atoms with Gasteiger partial charge in [0.1, 0.15) is 0 Å². The van der Waals surface area contributed by atoms with E-state index in [0.29, 0.717) is 0 Å². The number of hydrogen-bond donors (Lipinski definition) is 0. The Kier molecular flexibility index (Phi) is 2.51. The summed E-state index contributed by atoms with van der Waals surface area (Å²) < 4.78 is 7.67. The van der Waals surface area contributed by atoms with Gasteiger partial charge in [0.15, 0.2) is 0 Å². The fourth-order valence-corrected chi connectivity index (χ4v) is 5.81. The summed E-state index contributed by atoms with van der Waals surface area (Å²) in [7, 11) is 0. The Morgan fingerprint density at radius 1 is 1.08 bits per heavy atom. The molecule has 0 atom stereocenters. The van der Waals surface area contributed by atoms with Crippen LogP contribution in [0.4, 0.5) is 0 Å². The van der Waals surface area contributed by atoms with Crippen LogP contribution in [0.5, 0.6) is 0 Å². The SMILES string of the molecule is [CH2]=[Zr+]([C]1=CC=CC1)[C]1=CC=CC1.[H-]. The Balaban J connectivity index is 0.000000845. The molecule has 0 fully saturated rings. The number of rotatable bonds is 2. The van der Waals surface area contributed by atoms with Gasteiger partial charge in [0, 0.05) is 0 Å². The van der Waals surface area contributed by atoms with Crippen LogP contribution in [0.3, 0.4) is 0 Å². The van der Waals surface area contributed by atoms with E-state index in [9.17, 15) is 0 Å². The van der Waals surface area contributed by atoms with Gasteiger partial charge in [0.05, 0.1) is 0 Å². The molecule has 0 aliphatic heterocycles. The molecule has 2 rings (SSSR count). The first-order valence-corrected chi connectivity index (χ1v) is 8.48. The molecule has 0 aromatic carbocycles. The minimum absolute atomic E-state index is 0. The monoisotopic (exact) mass is 235 g/mol. The van der Waals surface area contributed by atoms with Crippen molar-refractivity contribution in [1.29, 1.82) is 0 Å². The maximum Gasteiger partial charge on any atom is -1.00 e. The summed E-state index contributed by atoms with van der Waals surface area (Å²) in [6, 6.07) is 0. The van der Waals surface area contributed by atoms with Crippen molar-refractivity contribution in [2.24, 2.45) is 0 Å². The van der Waals surface area contributed by atoms with Crippen LogP contribution < -0.4 is 0 Å². The van der Waals surface area contributed by atoms with Gasteiger partial charge in [-0.05, 0) is 0 Å². The first-order valence-electron chi connectivity index (χ1n) is 4.29. The fourth-order valence-electron chi connectivity index (χ4n) is 1.55. The molecule has 0 N–H and O–H groups in total. The van der Waals surface area contributed by atoms with Crippen molar-refractivity contribution in [3.63, 3.8) is 0 Å². The maximum atomic E-state index is 4.38. The maximum absolute atomic E-state index is 4.38. The van der Waals surface area contributed by atoms with Crippen molar-refractivity contribution < 1.29 is 22.7 Å². The molecule has 1 heteroatoms. The predicted octanol–water partition coefficient (Wildman–Crippen LogP) is 2.84. The Morgan fingerprint density at radius 2 is 1.58 bits per heavy atom. The van der Waals surface area contributed by atoms with Crippen LogP contribution in [0.25, 0.3) is 0 Å². The fraction of sp³-hybridized carbons (Fsp3) is 0.182.